The number of rotatable bonds is 6. The van der Waals surface area contributed by atoms with Gasteiger partial charge in [-0.1, -0.05) is 39.0 Å². The lowest BCUT2D eigenvalue weighted by Crippen LogP contribution is -2.61. The van der Waals surface area contributed by atoms with Crippen LogP contribution in [0, 0.1) is 23.2 Å². The SMILES string of the molecule is CC1CCCC(C2COC3CCCCC3N2c2nc3nc(C(=N)OC(N)=O)nc(NC(C)C4CCC4)c3n2C)C1. The van der Waals surface area contributed by atoms with E-state index < -0.39 is 12.0 Å². The molecule has 0 bridgehead atoms. The van der Waals surface area contributed by atoms with Crippen molar-refractivity contribution in [2.75, 3.05) is 16.8 Å². The minimum absolute atomic E-state index is 0.00515. The number of hydrogen-bond donors (Lipinski definition) is 3. The molecule has 6 unspecified atom stereocenters. The van der Waals surface area contributed by atoms with Crippen LogP contribution < -0.4 is 16.0 Å². The third kappa shape index (κ3) is 5.12. The fourth-order valence-electron chi connectivity index (χ4n) is 7.58. The molecule has 4 aliphatic rings. The quantitative estimate of drug-likeness (QED) is 0.345. The number of carbonyl (C=O) groups excluding carboxylic acids is 1. The normalized spacial score (nSPS) is 29.9. The molecule has 11 nitrogen and oxygen atoms in total. The highest BCUT2D eigenvalue weighted by Gasteiger charge is 2.45. The summed E-state index contributed by atoms with van der Waals surface area (Å²) >= 11 is 0. The van der Waals surface area contributed by atoms with Crippen LogP contribution >= 0.6 is 0 Å². The fourth-order valence-corrected chi connectivity index (χ4v) is 7.58. The zero-order valence-corrected chi connectivity index (χ0v) is 24.1. The number of morpholine rings is 1. The molecule has 218 valence electrons. The van der Waals surface area contributed by atoms with E-state index in [-0.39, 0.29) is 30.1 Å². The lowest BCUT2D eigenvalue weighted by molar-refractivity contribution is -0.0432. The van der Waals surface area contributed by atoms with Gasteiger partial charge in [-0.15, -0.1) is 0 Å². The second-order valence-electron chi connectivity index (χ2n) is 12.6. The third-order valence-electron chi connectivity index (χ3n) is 9.95. The molecule has 6 atom stereocenters. The van der Waals surface area contributed by atoms with Crippen LogP contribution in [0.4, 0.5) is 16.6 Å². The van der Waals surface area contributed by atoms with Crippen molar-refractivity contribution in [3.05, 3.63) is 5.82 Å². The van der Waals surface area contributed by atoms with Gasteiger partial charge in [-0.3, -0.25) is 5.41 Å². The molecular formula is C29H44N8O3. The second kappa shape index (κ2) is 11.1. The summed E-state index contributed by atoms with van der Waals surface area (Å²) in [4.78, 5) is 28.4. The summed E-state index contributed by atoms with van der Waals surface area (Å²) < 4.78 is 13.5. The summed E-state index contributed by atoms with van der Waals surface area (Å²) in [6.45, 7) is 5.27. The summed E-state index contributed by atoms with van der Waals surface area (Å²) in [5.74, 6) is 2.85. The molecule has 0 aromatic carbocycles. The van der Waals surface area contributed by atoms with Gasteiger partial charge in [-0.05, 0) is 63.2 Å². The van der Waals surface area contributed by atoms with Crippen LogP contribution in [0.3, 0.4) is 0 Å². The van der Waals surface area contributed by atoms with Crippen LogP contribution in [0.15, 0.2) is 0 Å². The van der Waals surface area contributed by atoms with Crippen LogP contribution in [0.25, 0.3) is 11.2 Å². The third-order valence-corrected chi connectivity index (χ3v) is 9.95. The van der Waals surface area contributed by atoms with Crippen molar-refractivity contribution in [1.29, 1.82) is 5.41 Å². The Morgan fingerprint density at radius 3 is 2.58 bits per heavy atom. The van der Waals surface area contributed by atoms with Crippen LogP contribution in [0.1, 0.15) is 90.3 Å². The van der Waals surface area contributed by atoms with Crippen molar-refractivity contribution < 1.29 is 14.3 Å². The van der Waals surface area contributed by atoms with Gasteiger partial charge in [-0.25, -0.2) is 14.8 Å². The van der Waals surface area contributed by atoms with Crippen molar-refractivity contribution in [1.82, 2.24) is 19.5 Å². The molecule has 3 aliphatic carbocycles. The summed E-state index contributed by atoms with van der Waals surface area (Å²) in [6, 6.07) is 0.730. The minimum atomic E-state index is -1.06. The predicted octanol–water partition coefficient (Wildman–Crippen LogP) is 4.73. The maximum Gasteiger partial charge on any atom is 0.411 e. The molecular weight excluding hydrogens is 508 g/mol. The number of aryl methyl sites for hydroxylation is 1. The van der Waals surface area contributed by atoms with Gasteiger partial charge in [0.1, 0.15) is 5.52 Å². The monoisotopic (exact) mass is 552 g/mol. The van der Waals surface area contributed by atoms with E-state index >= 15 is 0 Å². The van der Waals surface area contributed by atoms with Crippen molar-refractivity contribution in [3.63, 3.8) is 0 Å². The van der Waals surface area contributed by atoms with E-state index in [1.807, 2.05) is 7.05 Å². The molecule has 0 radical (unpaired) electrons. The Morgan fingerprint density at radius 2 is 1.85 bits per heavy atom. The van der Waals surface area contributed by atoms with Crippen LogP contribution in [-0.2, 0) is 16.5 Å². The molecule has 1 aliphatic heterocycles. The Kier molecular flexibility index (Phi) is 7.58. The summed E-state index contributed by atoms with van der Waals surface area (Å²) in [6.07, 6.45) is 12.3. The largest absolute Gasteiger partial charge is 0.411 e. The molecule has 11 heteroatoms. The molecule has 2 aromatic rings. The lowest BCUT2D eigenvalue weighted by Gasteiger charge is -2.51. The minimum Gasteiger partial charge on any atom is -0.388 e. The number of aromatic nitrogens is 4. The first-order valence-corrected chi connectivity index (χ1v) is 15.3. The average molecular weight is 553 g/mol. The first kappa shape index (κ1) is 27.2. The topological polar surface area (TPSA) is 144 Å². The summed E-state index contributed by atoms with van der Waals surface area (Å²) in [7, 11) is 2.05. The lowest BCUT2D eigenvalue weighted by atomic mass is 9.76. The number of nitrogens with two attached hydrogens (primary N) is 1. The average Bonchev–Trinajstić information content (AvgIpc) is 3.22. The highest BCUT2D eigenvalue weighted by molar-refractivity contribution is 5.97. The van der Waals surface area contributed by atoms with Gasteiger partial charge < -0.3 is 30.0 Å². The predicted molar refractivity (Wildman–Crippen MR) is 154 cm³/mol. The number of primary amides is 1. The number of ether oxygens (including phenoxy) is 2. The molecule has 40 heavy (non-hydrogen) atoms. The smallest absolute Gasteiger partial charge is 0.388 e. The van der Waals surface area contributed by atoms with Crippen molar-refractivity contribution >= 4 is 34.9 Å². The van der Waals surface area contributed by atoms with Crippen molar-refractivity contribution in [2.24, 2.45) is 30.5 Å². The molecule has 1 amide bonds. The van der Waals surface area contributed by atoms with Gasteiger partial charge in [0.25, 0.3) is 5.90 Å². The summed E-state index contributed by atoms with van der Waals surface area (Å²) in [5, 5.41) is 11.9. The van der Waals surface area contributed by atoms with E-state index in [1.165, 1.54) is 57.8 Å². The van der Waals surface area contributed by atoms with E-state index in [4.69, 9.17) is 25.6 Å². The maximum absolute atomic E-state index is 11.4. The molecule has 4 N–H and O–H groups in total. The van der Waals surface area contributed by atoms with Crippen LogP contribution in [0.5, 0.6) is 0 Å². The number of carbonyl (C=O) groups is 1. The van der Waals surface area contributed by atoms with Gasteiger partial charge in [0.2, 0.25) is 11.8 Å². The van der Waals surface area contributed by atoms with E-state index in [0.717, 1.165) is 36.8 Å². The molecule has 1 saturated heterocycles. The maximum atomic E-state index is 11.4. The zero-order valence-electron chi connectivity index (χ0n) is 24.1. The van der Waals surface area contributed by atoms with E-state index in [2.05, 4.69) is 38.6 Å². The number of nitrogens with one attached hydrogen (secondary N) is 2. The first-order chi connectivity index (χ1) is 19.3. The van der Waals surface area contributed by atoms with Gasteiger partial charge in [0.05, 0.1) is 24.8 Å². The van der Waals surface area contributed by atoms with Crippen molar-refractivity contribution in [2.45, 2.75) is 109 Å². The first-order valence-electron chi connectivity index (χ1n) is 15.3. The standard InChI is InChI=1S/C29H44N8O3/c1-16-8-6-11-19(14-16)21-15-39-22-13-5-4-12-20(22)37(21)29-35-26-23(36(29)3)25(32-17(2)18-9-7-10-18)33-27(34-26)24(30)40-28(31)38/h16-22,30H,4-15H2,1-3H3,(H2,31,38)(H,32,33,34). The summed E-state index contributed by atoms with van der Waals surface area (Å²) in [5.41, 5.74) is 6.48. The molecule has 0 spiro atoms. The number of nitrogens with zero attached hydrogens (tertiary/aromatic N) is 5. The van der Waals surface area contributed by atoms with Gasteiger partial charge in [-0.2, -0.15) is 4.98 Å². The Bertz CT molecular complexity index is 1260. The van der Waals surface area contributed by atoms with E-state index in [0.29, 0.717) is 23.3 Å². The zero-order chi connectivity index (χ0) is 28.0. The Hall–Kier alpha value is -2.95. The van der Waals surface area contributed by atoms with Crippen molar-refractivity contribution in [3.8, 4) is 0 Å². The molecule has 4 fully saturated rings. The Labute approximate surface area is 236 Å². The number of amides is 1. The second-order valence-corrected chi connectivity index (χ2v) is 12.6. The Morgan fingerprint density at radius 1 is 1.07 bits per heavy atom. The molecule has 6 rings (SSSR count). The number of fused-ring (bicyclic) bond motifs is 2. The van der Waals surface area contributed by atoms with E-state index in [1.54, 1.807) is 0 Å². The van der Waals surface area contributed by atoms with Crippen LogP contribution in [-0.4, -0.2) is 62.3 Å². The molecule has 3 heterocycles. The van der Waals surface area contributed by atoms with E-state index in [9.17, 15) is 4.79 Å². The van der Waals surface area contributed by atoms with Crippen LogP contribution in [0.2, 0.25) is 0 Å². The number of hydrogen-bond acceptors (Lipinski definition) is 9. The van der Waals surface area contributed by atoms with Gasteiger partial charge >= 0.3 is 6.09 Å². The fraction of sp³-hybridized carbons (Fsp3) is 0.759. The molecule has 2 aromatic heterocycles. The van der Waals surface area contributed by atoms with Gasteiger partial charge in [0.15, 0.2) is 11.5 Å². The highest BCUT2D eigenvalue weighted by Crippen LogP contribution is 2.42. The highest BCUT2D eigenvalue weighted by atomic mass is 16.6. The number of anilines is 2. The van der Waals surface area contributed by atoms with Gasteiger partial charge in [0, 0.05) is 13.1 Å². The molecule has 3 saturated carbocycles. The number of imidazole rings is 1. The Balaban J connectivity index is 1.44.